The van der Waals surface area contributed by atoms with Crippen LogP contribution in [0.2, 0.25) is 0 Å². The van der Waals surface area contributed by atoms with Crippen LogP contribution in [0.1, 0.15) is 15.9 Å². The van der Waals surface area contributed by atoms with E-state index in [9.17, 15) is 9.18 Å². The first kappa shape index (κ1) is 16.4. The maximum atomic E-state index is 13.0. The Morgan fingerprint density at radius 1 is 0.875 bits per heavy atom. The average Bonchev–Trinajstić information content (AvgIpc) is 2.62. The second-order valence-corrected chi connectivity index (χ2v) is 7.37. The van der Waals surface area contributed by atoms with Gasteiger partial charge in [0.1, 0.15) is 0 Å². The number of carbonyl (C=O) groups is 1. The zero-order chi connectivity index (χ0) is 16.8. The molecular formula is C20H16FNOSe. The molecule has 2 nitrogen and oxygen atoms in total. The molecule has 0 aliphatic carbocycles. The Kier molecular flexibility index (Phi) is 5.42. The second kappa shape index (κ2) is 7.91. The summed E-state index contributed by atoms with van der Waals surface area (Å²) < 4.78 is 14.0. The number of anilines is 1. The molecule has 3 aromatic rings. The van der Waals surface area contributed by atoms with E-state index in [0.29, 0.717) is 5.56 Å². The van der Waals surface area contributed by atoms with Gasteiger partial charge in [0.25, 0.3) is 0 Å². The Balaban J connectivity index is 1.72. The van der Waals surface area contributed by atoms with Gasteiger partial charge in [0.05, 0.1) is 0 Å². The van der Waals surface area contributed by atoms with Crippen molar-refractivity contribution in [3.8, 4) is 0 Å². The van der Waals surface area contributed by atoms with E-state index >= 15 is 0 Å². The molecule has 24 heavy (non-hydrogen) atoms. The summed E-state index contributed by atoms with van der Waals surface area (Å²) in [5.74, 6) is -0.327. The molecule has 0 atom stereocenters. The van der Waals surface area contributed by atoms with E-state index in [1.54, 1.807) is 12.1 Å². The molecule has 1 N–H and O–H groups in total. The van der Waals surface area contributed by atoms with Crippen molar-refractivity contribution < 1.29 is 9.18 Å². The van der Waals surface area contributed by atoms with Gasteiger partial charge < -0.3 is 0 Å². The van der Waals surface area contributed by atoms with E-state index in [2.05, 4.69) is 5.32 Å². The number of hydrogen-bond donors (Lipinski definition) is 1. The molecule has 0 spiro atoms. The topological polar surface area (TPSA) is 29.1 Å². The van der Waals surface area contributed by atoms with Crippen molar-refractivity contribution in [2.24, 2.45) is 0 Å². The van der Waals surface area contributed by atoms with Crippen LogP contribution in [0.5, 0.6) is 0 Å². The van der Waals surface area contributed by atoms with Crippen LogP contribution in [-0.4, -0.2) is 20.9 Å². The molecule has 120 valence electrons. The SMILES string of the molecule is O=C(Nc1ccccc1)c1ccccc1[Se]Cc1ccc(F)cc1. The van der Waals surface area contributed by atoms with E-state index < -0.39 is 0 Å². The summed E-state index contributed by atoms with van der Waals surface area (Å²) in [6.45, 7) is 0. The molecule has 0 aromatic heterocycles. The second-order valence-electron chi connectivity index (χ2n) is 5.23. The number of halogens is 1. The van der Waals surface area contributed by atoms with Crippen LogP contribution < -0.4 is 9.78 Å². The van der Waals surface area contributed by atoms with Gasteiger partial charge in [0.2, 0.25) is 0 Å². The predicted octanol–water partition coefficient (Wildman–Crippen LogP) is 3.61. The van der Waals surface area contributed by atoms with Gasteiger partial charge in [-0.25, -0.2) is 0 Å². The Bertz CT molecular complexity index is 819. The zero-order valence-corrected chi connectivity index (χ0v) is 14.6. The molecule has 3 rings (SSSR count). The molecule has 0 fully saturated rings. The van der Waals surface area contributed by atoms with Crippen LogP contribution in [0.15, 0.2) is 78.9 Å². The number of hydrogen-bond acceptors (Lipinski definition) is 1. The Morgan fingerprint density at radius 3 is 2.29 bits per heavy atom. The fraction of sp³-hybridized carbons (Fsp3) is 0.0500. The van der Waals surface area contributed by atoms with Crippen molar-refractivity contribution in [2.45, 2.75) is 5.32 Å². The van der Waals surface area contributed by atoms with Gasteiger partial charge in [-0.05, 0) is 0 Å². The van der Waals surface area contributed by atoms with Crippen LogP contribution in [0.4, 0.5) is 10.1 Å². The van der Waals surface area contributed by atoms with Crippen LogP contribution in [0.3, 0.4) is 0 Å². The van der Waals surface area contributed by atoms with Gasteiger partial charge >= 0.3 is 147 Å². The fourth-order valence-corrected chi connectivity index (χ4v) is 4.35. The molecule has 0 heterocycles. The first-order valence-electron chi connectivity index (χ1n) is 7.55. The summed E-state index contributed by atoms with van der Waals surface area (Å²) in [5, 5.41) is 3.75. The van der Waals surface area contributed by atoms with Gasteiger partial charge in [-0.3, -0.25) is 0 Å². The molecule has 0 bridgehead atoms. The monoisotopic (exact) mass is 385 g/mol. The Morgan fingerprint density at radius 2 is 1.54 bits per heavy atom. The molecule has 3 aromatic carbocycles. The van der Waals surface area contributed by atoms with Gasteiger partial charge in [0.15, 0.2) is 0 Å². The maximum absolute atomic E-state index is 13.0. The summed E-state index contributed by atoms with van der Waals surface area (Å²) in [5.41, 5.74) is 2.56. The molecular weight excluding hydrogens is 368 g/mol. The van der Waals surface area contributed by atoms with Crippen molar-refractivity contribution in [1.82, 2.24) is 0 Å². The number of para-hydroxylation sites is 1. The minimum atomic E-state index is -0.228. The molecule has 0 unspecified atom stereocenters. The van der Waals surface area contributed by atoms with Crippen molar-refractivity contribution >= 4 is 31.0 Å². The molecule has 0 radical (unpaired) electrons. The zero-order valence-electron chi connectivity index (χ0n) is 12.9. The summed E-state index contributed by atoms with van der Waals surface area (Å²) in [7, 11) is 0. The van der Waals surface area contributed by atoms with Gasteiger partial charge in [-0.15, -0.1) is 0 Å². The number of amides is 1. The molecule has 0 saturated carbocycles. The van der Waals surface area contributed by atoms with Crippen molar-refractivity contribution in [3.63, 3.8) is 0 Å². The van der Waals surface area contributed by atoms with E-state index in [0.717, 1.165) is 21.0 Å². The summed E-state index contributed by atoms with van der Waals surface area (Å²) in [6, 6.07) is 23.6. The van der Waals surface area contributed by atoms with E-state index in [-0.39, 0.29) is 26.7 Å². The molecule has 0 aliphatic heterocycles. The van der Waals surface area contributed by atoms with Crippen LogP contribution in [0.25, 0.3) is 0 Å². The van der Waals surface area contributed by atoms with E-state index in [1.165, 1.54) is 12.1 Å². The van der Waals surface area contributed by atoms with Crippen LogP contribution >= 0.6 is 0 Å². The molecule has 1 amide bonds. The van der Waals surface area contributed by atoms with Crippen molar-refractivity contribution in [1.29, 1.82) is 0 Å². The van der Waals surface area contributed by atoms with E-state index in [4.69, 9.17) is 0 Å². The Labute approximate surface area is 146 Å². The molecule has 0 aliphatic rings. The van der Waals surface area contributed by atoms with Crippen molar-refractivity contribution in [2.75, 3.05) is 5.32 Å². The summed E-state index contributed by atoms with van der Waals surface area (Å²) >= 11 is 0.0997. The van der Waals surface area contributed by atoms with E-state index in [1.807, 2.05) is 54.6 Å². The molecule has 4 heteroatoms. The van der Waals surface area contributed by atoms with Gasteiger partial charge in [0, 0.05) is 0 Å². The number of benzene rings is 3. The summed E-state index contributed by atoms with van der Waals surface area (Å²) in [6.07, 6.45) is 0. The van der Waals surface area contributed by atoms with Crippen LogP contribution in [-0.2, 0) is 5.32 Å². The standard InChI is InChI=1S/C20H16FNOSe/c21-16-12-10-15(11-13-16)14-24-19-9-5-4-8-18(19)20(23)22-17-6-2-1-3-7-17/h1-13H,14H2,(H,22,23). The predicted molar refractivity (Wildman–Crippen MR) is 96.3 cm³/mol. The first-order chi connectivity index (χ1) is 11.7. The van der Waals surface area contributed by atoms with Gasteiger partial charge in [-0.1, -0.05) is 0 Å². The summed E-state index contributed by atoms with van der Waals surface area (Å²) in [4.78, 5) is 12.5. The normalized spacial score (nSPS) is 10.4. The number of nitrogens with one attached hydrogen (secondary N) is 1. The number of carbonyl (C=O) groups excluding carboxylic acids is 1. The first-order valence-corrected chi connectivity index (χ1v) is 9.62. The fourth-order valence-electron chi connectivity index (χ4n) is 2.24. The third kappa shape index (κ3) is 4.31. The Hall–Kier alpha value is -2.42. The van der Waals surface area contributed by atoms with Gasteiger partial charge in [-0.2, -0.15) is 0 Å². The minimum absolute atomic E-state index is 0.0993. The van der Waals surface area contributed by atoms with Crippen molar-refractivity contribution in [3.05, 3.63) is 95.8 Å². The average molecular weight is 384 g/mol. The third-order valence-corrected chi connectivity index (χ3v) is 5.87. The van der Waals surface area contributed by atoms with Crippen LogP contribution in [0, 0.1) is 5.82 Å². The molecule has 0 saturated heterocycles. The quantitative estimate of drug-likeness (QED) is 0.669. The number of rotatable bonds is 5. The third-order valence-electron chi connectivity index (χ3n) is 3.47.